The molecule has 1 aliphatic rings. The van der Waals surface area contributed by atoms with Crippen molar-refractivity contribution in [3.8, 4) is 0 Å². The van der Waals surface area contributed by atoms with Crippen molar-refractivity contribution < 1.29 is 0 Å². The summed E-state index contributed by atoms with van der Waals surface area (Å²) in [5.41, 5.74) is 1.88. The number of rotatable bonds is 0. The summed E-state index contributed by atoms with van der Waals surface area (Å²) in [6.07, 6.45) is 2.67. The van der Waals surface area contributed by atoms with Crippen LogP contribution in [0.3, 0.4) is 0 Å². The summed E-state index contributed by atoms with van der Waals surface area (Å²) in [5, 5.41) is 0. The van der Waals surface area contributed by atoms with Crippen molar-refractivity contribution in [1.82, 2.24) is 0 Å². The molecule has 0 aromatic carbocycles. The van der Waals surface area contributed by atoms with Crippen molar-refractivity contribution in [2.24, 2.45) is 11.3 Å². The van der Waals surface area contributed by atoms with Gasteiger partial charge in [0.15, 0.2) is 0 Å². The quantitative estimate of drug-likeness (QED) is 0.435. The normalized spacial score (nSPS) is 33.2. The van der Waals surface area contributed by atoms with Gasteiger partial charge in [-0.3, -0.25) is 0 Å². The van der Waals surface area contributed by atoms with E-state index in [-0.39, 0.29) is 0 Å². The van der Waals surface area contributed by atoms with Gasteiger partial charge in [0, 0.05) is 0 Å². The Morgan fingerprint density at radius 2 is 2.11 bits per heavy atom. The average molecular weight is 124 g/mol. The molecule has 9 heavy (non-hydrogen) atoms. The maximum atomic E-state index is 4.09. The molecule has 0 spiro atoms. The lowest BCUT2D eigenvalue weighted by atomic mass is 9.86. The van der Waals surface area contributed by atoms with Crippen LogP contribution < -0.4 is 0 Å². The van der Waals surface area contributed by atoms with Crippen molar-refractivity contribution in [2.75, 3.05) is 0 Å². The van der Waals surface area contributed by atoms with Crippen LogP contribution in [0.5, 0.6) is 0 Å². The lowest BCUT2D eigenvalue weighted by Crippen LogP contribution is -2.07. The fourth-order valence-electron chi connectivity index (χ4n) is 1.58. The summed E-state index contributed by atoms with van der Waals surface area (Å²) in [4.78, 5) is 0. The van der Waals surface area contributed by atoms with E-state index in [2.05, 4.69) is 27.4 Å². The zero-order valence-electron chi connectivity index (χ0n) is 6.70. The zero-order valence-corrected chi connectivity index (χ0v) is 6.70. The minimum absolute atomic E-state index is 0.430. The molecule has 1 unspecified atom stereocenters. The smallest absolute Gasteiger partial charge is 0.0144 e. The molecule has 52 valence electrons. The third-order valence-corrected chi connectivity index (χ3v) is 2.67. The highest BCUT2D eigenvalue weighted by Crippen LogP contribution is 2.44. The van der Waals surface area contributed by atoms with E-state index in [1.165, 1.54) is 18.4 Å². The van der Waals surface area contributed by atoms with Gasteiger partial charge < -0.3 is 0 Å². The Morgan fingerprint density at radius 3 is 2.22 bits per heavy atom. The van der Waals surface area contributed by atoms with Crippen molar-refractivity contribution >= 4 is 0 Å². The summed E-state index contributed by atoms with van der Waals surface area (Å²) in [6.45, 7) is 10.9. The molecule has 0 nitrogen and oxygen atoms in total. The Morgan fingerprint density at radius 1 is 1.56 bits per heavy atom. The molecule has 0 saturated heterocycles. The monoisotopic (exact) mass is 124 g/mol. The first-order valence-corrected chi connectivity index (χ1v) is 3.73. The van der Waals surface area contributed by atoms with E-state index in [0.717, 1.165) is 5.92 Å². The number of hydrogen-bond donors (Lipinski definition) is 0. The molecule has 1 rings (SSSR count). The lowest BCUT2D eigenvalue weighted by Gasteiger charge is -2.19. The van der Waals surface area contributed by atoms with Crippen molar-refractivity contribution in [3.63, 3.8) is 0 Å². The molecule has 0 aromatic rings. The minimum atomic E-state index is 0.430. The molecule has 0 aliphatic heterocycles. The van der Waals surface area contributed by atoms with Crippen LogP contribution in [0.1, 0.15) is 33.6 Å². The predicted molar refractivity (Wildman–Crippen MR) is 41.3 cm³/mol. The Kier molecular flexibility index (Phi) is 1.42. The van der Waals surface area contributed by atoms with E-state index in [4.69, 9.17) is 0 Å². The highest BCUT2D eigenvalue weighted by molar-refractivity contribution is 5.15. The molecule has 1 fully saturated rings. The molecule has 1 saturated carbocycles. The molecule has 0 heterocycles. The largest absolute Gasteiger partial charge is 0.0991 e. The van der Waals surface area contributed by atoms with Gasteiger partial charge in [0.2, 0.25) is 0 Å². The average Bonchev–Trinajstić information content (AvgIpc) is 1.97. The molecule has 0 heteroatoms. The van der Waals surface area contributed by atoms with Gasteiger partial charge in [0.25, 0.3) is 0 Å². The van der Waals surface area contributed by atoms with Gasteiger partial charge in [-0.25, -0.2) is 0 Å². The Bertz CT molecular complexity index is 131. The van der Waals surface area contributed by atoms with E-state index in [9.17, 15) is 0 Å². The van der Waals surface area contributed by atoms with Crippen molar-refractivity contribution in [2.45, 2.75) is 33.6 Å². The second-order valence-electron chi connectivity index (χ2n) is 3.85. The van der Waals surface area contributed by atoms with E-state index < -0.39 is 0 Å². The third-order valence-electron chi connectivity index (χ3n) is 2.67. The van der Waals surface area contributed by atoms with Gasteiger partial charge in [-0.05, 0) is 24.2 Å². The van der Waals surface area contributed by atoms with Crippen LogP contribution in [0, 0.1) is 11.3 Å². The van der Waals surface area contributed by atoms with Gasteiger partial charge in [-0.1, -0.05) is 32.9 Å². The summed E-state index contributed by atoms with van der Waals surface area (Å²) in [5.74, 6) is 0.764. The van der Waals surface area contributed by atoms with Gasteiger partial charge >= 0.3 is 0 Å². The number of allylic oxidation sites excluding steroid dienone is 1. The van der Waals surface area contributed by atoms with Crippen LogP contribution in [0.4, 0.5) is 0 Å². The fourth-order valence-corrected chi connectivity index (χ4v) is 1.58. The molecule has 0 radical (unpaired) electrons. The topological polar surface area (TPSA) is 0 Å². The van der Waals surface area contributed by atoms with Crippen LogP contribution in [-0.2, 0) is 0 Å². The SMILES string of the molecule is C=C1C(C)CCC1(C)C. The van der Waals surface area contributed by atoms with E-state index >= 15 is 0 Å². The molecule has 0 bridgehead atoms. The maximum Gasteiger partial charge on any atom is -0.0144 e. The van der Waals surface area contributed by atoms with Gasteiger partial charge in [0.1, 0.15) is 0 Å². The molecule has 0 amide bonds. The first-order valence-electron chi connectivity index (χ1n) is 3.73. The summed E-state index contributed by atoms with van der Waals surface area (Å²) in [6, 6.07) is 0. The Hall–Kier alpha value is -0.260. The second-order valence-corrected chi connectivity index (χ2v) is 3.85. The molecule has 1 atom stereocenters. The first kappa shape index (κ1) is 6.85. The van der Waals surface area contributed by atoms with Crippen LogP contribution in [0.15, 0.2) is 12.2 Å². The highest BCUT2D eigenvalue weighted by Gasteiger charge is 2.31. The minimum Gasteiger partial charge on any atom is -0.0991 e. The molecule has 0 aromatic heterocycles. The zero-order chi connectivity index (χ0) is 7.07. The van der Waals surface area contributed by atoms with Crippen LogP contribution >= 0.6 is 0 Å². The van der Waals surface area contributed by atoms with E-state index in [1.807, 2.05) is 0 Å². The second kappa shape index (κ2) is 1.86. The predicted octanol–water partition coefficient (Wildman–Crippen LogP) is 3.00. The van der Waals surface area contributed by atoms with Gasteiger partial charge in [-0.15, -0.1) is 0 Å². The summed E-state index contributed by atoms with van der Waals surface area (Å²) >= 11 is 0. The molecule has 0 N–H and O–H groups in total. The highest BCUT2D eigenvalue weighted by atomic mass is 14.4. The molecular formula is C9H16. The fraction of sp³-hybridized carbons (Fsp3) is 0.778. The van der Waals surface area contributed by atoms with Crippen LogP contribution in [0.25, 0.3) is 0 Å². The molecule has 1 aliphatic carbocycles. The molecular weight excluding hydrogens is 108 g/mol. The van der Waals surface area contributed by atoms with Crippen molar-refractivity contribution in [1.29, 1.82) is 0 Å². The third kappa shape index (κ3) is 1.03. The Balaban J connectivity index is 2.74. The summed E-state index contributed by atoms with van der Waals surface area (Å²) in [7, 11) is 0. The first-order chi connectivity index (χ1) is 4.04. The van der Waals surface area contributed by atoms with Crippen LogP contribution in [0.2, 0.25) is 0 Å². The van der Waals surface area contributed by atoms with Crippen molar-refractivity contribution in [3.05, 3.63) is 12.2 Å². The van der Waals surface area contributed by atoms with Crippen LogP contribution in [-0.4, -0.2) is 0 Å². The standard InChI is InChI=1S/C9H16/c1-7-5-6-9(3,4)8(7)2/h7H,2,5-6H2,1,3-4H3. The lowest BCUT2D eigenvalue weighted by molar-refractivity contribution is 0.462. The number of hydrogen-bond acceptors (Lipinski definition) is 0. The van der Waals surface area contributed by atoms with E-state index in [0.29, 0.717) is 5.41 Å². The van der Waals surface area contributed by atoms with Gasteiger partial charge in [0.05, 0.1) is 0 Å². The Labute approximate surface area is 58.0 Å². The summed E-state index contributed by atoms with van der Waals surface area (Å²) < 4.78 is 0. The maximum absolute atomic E-state index is 4.09. The van der Waals surface area contributed by atoms with Gasteiger partial charge in [-0.2, -0.15) is 0 Å². The van der Waals surface area contributed by atoms with E-state index in [1.54, 1.807) is 0 Å².